The number of benzene rings is 4. The molecule has 204 valence electrons. The van der Waals surface area contributed by atoms with Crippen molar-refractivity contribution in [3.05, 3.63) is 147 Å². The summed E-state index contributed by atoms with van der Waals surface area (Å²) in [5.74, 6) is -0.626. The number of rotatable bonds is 10. The lowest BCUT2D eigenvalue weighted by Gasteiger charge is -2.12. The van der Waals surface area contributed by atoms with E-state index in [2.05, 4.69) is 10.6 Å². The minimum absolute atomic E-state index is 0.0233. The minimum atomic E-state index is -0.553. The third kappa shape index (κ3) is 7.84. The van der Waals surface area contributed by atoms with Crippen LogP contribution in [0, 0.1) is 10.1 Å². The zero-order valence-corrected chi connectivity index (χ0v) is 21.9. The summed E-state index contributed by atoms with van der Waals surface area (Å²) in [6, 6.07) is 27.6. The van der Waals surface area contributed by atoms with Gasteiger partial charge in [0.05, 0.1) is 12.0 Å². The van der Waals surface area contributed by atoms with Crippen LogP contribution in [0.5, 0.6) is 5.75 Å². The number of hydrogen-bond donors (Lipinski definition) is 2. The molecule has 0 atom stereocenters. The minimum Gasteiger partial charge on any atom is -0.497 e. The van der Waals surface area contributed by atoms with E-state index in [1.807, 2.05) is 0 Å². The first-order chi connectivity index (χ1) is 19.8. The van der Waals surface area contributed by atoms with Gasteiger partial charge in [-0.1, -0.05) is 36.4 Å². The van der Waals surface area contributed by atoms with Crippen LogP contribution in [0.3, 0.4) is 0 Å². The van der Waals surface area contributed by atoms with Gasteiger partial charge < -0.3 is 15.4 Å². The SMILES string of the molecule is COc1ccc(/C=C(\NC(=O)c2ccccc2)C(=O)Nc2ccc(C(=O)/C=C/c3ccc([N+](=O)[O-])cc3)cc2)cc1. The summed E-state index contributed by atoms with van der Waals surface area (Å²) in [7, 11) is 1.55. The fourth-order valence-corrected chi connectivity index (χ4v) is 3.70. The molecule has 0 aliphatic heterocycles. The topological polar surface area (TPSA) is 128 Å². The van der Waals surface area contributed by atoms with Crippen molar-refractivity contribution in [1.29, 1.82) is 0 Å². The van der Waals surface area contributed by atoms with E-state index in [1.165, 1.54) is 18.2 Å². The fourth-order valence-electron chi connectivity index (χ4n) is 3.70. The summed E-state index contributed by atoms with van der Waals surface area (Å²) in [6.45, 7) is 0. The molecule has 41 heavy (non-hydrogen) atoms. The van der Waals surface area contributed by atoms with Crippen molar-refractivity contribution in [1.82, 2.24) is 5.32 Å². The summed E-state index contributed by atoms with van der Waals surface area (Å²) in [5.41, 5.74) is 2.49. The van der Waals surface area contributed by atoms with Crippen molar-refractivity contribution >= 4 is 41.1 Å². The van der Waals surface area contributed by atoms with E-state index in [-0.39, 0.29) is 17.2 Å². The van der Waals surface area contributed by atoms with Gasteiger partial charge in [-0.3, -0.25) is 24.5 Å². The van der Waals surface area contributed by atoms with Crippen LogP contribution in [0.15, 0.2) is 115 Å². The van der Waals surface area contributed by atoms with Crippen molar-refractivity contribution in [2.24, 2.45) is 0 Å². The number of non-ortho nitro benzene ring substituents is 1. The molecule has 0 aliphatic carbocycles. The van der Waals surface area contributed by atoms with Crippen LogP contribution in [0.1, 0.15) is 31.8 Å². The van der Waals surface area contributed by atoms with E-state index < -0.39 is 16.7 Å². The third-order valence-corrected chi connectivity index (χ3v) is 5.91. The number of ether oxygens (including phenoxy) is 1. The van der Waals surface area contributed by atoms with Gasteiger partial charge in [-0.05, 0) is 83.9 Å². The van der Waals surface area contributed by atoms with Gasteiger partial charge in [0.25, 0.3) is 17.5 Å². The number of ketones is 1. The van der Waals surface area contributed by atoms with Gasteiger partial charge in [0, 0.05) is 28.9 Å². The van der Waals surface area contributed by atoms with Crippen LogP contribution < -0.4 is 15.4 Å². The Bertz CT molecular complexity index is 1610. The third-order valence-electron chi connectivity index (χ3n) is 5.91. The zero-order chi connectivity index (χ0) is 29.2. The number of carbonyl (C=O) groups is 3. The predicted molar refractivity (Wildman–Crippen MR) is 156 cm³/mol. The van der Waals surface area contributed by atoms with Crippen molar-refractivity contribution in [3.63, 3.8) is 0 Å². The molecule has 0 saturated heterocycles. The van der Waals surface area contributed by atoms with Crippen LogP contribution in [0.25, 0.3) is 12.2 Å². The second-order valence-electron chi connectivity index (χ2n) is 8.73. The van der Waals surface area contributed by atoms with E-state index in [9.17, 15) is 24.5 Å². The Balaban J connectivity index is 1.47. The maximum absolute atomic E-state index is 13.2. The maximum Gasteiger partial charge on any atom is 0.272 e. The lowest BCUT2D eigenvalue weighted by atomic mass is 10.1. The average molecular weight is 548 g/mol. The molecule has 0 heterocycles. The number of nitrogens with zero attached hydrogens (tertiary/aromatic N) is 1. The van der Waals surface area contributed by atoms with E-state index >= 15 is 0 Å². The Morgan fingerprint density at radius 2 is 1.41 bits per heavy atom. The molecule has 4 aromatic carbocycles. The van der Waals surface area contributed by atoms with Crippen LogP contribution >= 0.6 is 0 Å². The molecule has 0 unspecified atom stereocenters. The molecule has 0 fully saturated rings. The molecule has 4 rings (SSSR count). The lowest BCUT2D eigenvalue weighted by Crippen LogP contribution is -2.30. The highest BCUT2D eigenvalue weighted by atomic mass is 16.6. The average Bonchev–Trinajstić information content (AvgIpc) is 3.00. The summed E-state index contributed by atoms with van der Waals surface area (Å²) < 4.78 is 5.18. The van der Waals surface area contributed by atoms with Crippen molar-refractivity contribution < 1.29 is 24.0 Å². The van der Waals surface area contributed by atoms with Crippen LogP contribution in [-0.4, -0.2) is 29.6 Å². The molecule has 2 N–H and O–H groups in total. The van der Waals surface area contributed by atoms with Crippen LogP contribution in [-0.2, 0) is 4.79 Å². The van der Waals surface area contributed by atoms with Gasteiger partial charge in [0.15, 0.2) is 5.78 Å². The number of hydrogen-bond acceptors (Lipinski definition) is 6. The highest BCUT2D eigenvalue weighted by Gasteiger charge is 2.15. The first-order valence-electron chi connectivity index (χ1n) is 12.4. The first kappa shape index (κ1) is 28.2. The molecule has 9 heteroatoms. The van der Waals surface area contributed by atoms with E-state index in [4.69, 9.17) is 4.74 Å². The van der Waals surface area contributed by atoms with E-state index in [0.717, 1.165) is 0 Å². The molecular weight excluding hydrogens is 522 g/mol. The number of anilines is 1. The highest BCUT2D eigenvalue weighted by Crippen LogP contribution is 2.17. The standard InChI is InChI=1S/C32H25N3O6/c1-41-28-18-9-23(10-19-28)21-29(34-31(37)25-5-3-2-4-6-25)32(38)33-26-14-12-24(13-15-26)30(36)20-11-22-7-16-27(17-8-22)35(39)40/h2-21H,1H3,(H,33,38)(H,34,37)/b20-11+,29-21-. The van der Waals surface area contributed by atoms with Gasteiger partial charge in [-0.2, -0.15) is 0 Å². The second-order valence-corrected chi connectivity index (χ2v) is 8.73. The number of nitro benzene ring substituents is 1. The Morgan fingerprint density at radius 1 is 0.780 bits per heavy atom. The van der Waals surface area contributed by atoms with E-state index in [0.29, 0.717) is 33.7 Å². The Labute approximate surface area is 235 Å². The summed E-state index contributed by atoms with van der Waals surface area (Å²) >= 11 is 0. The Hall–Kier alpha value is -5.83. The van der Waals surface area contributed by atoms with Gasteiger partial charge in [-0.15, -0.1) is 0 Å². The predicted octanol–water partition coefficient (Wildman–Crippen LogP) is 5.91. The zero-order valence-electron chi connectivity index (χ0n) is 21.9. The van der Waals surface area contributed by atoms with Crippen molar-refractivity contribution in [2.45, 2.75) is 0 Å². The lowest BCUT2D eigenvalue weighted by molar-refractivity contribution is -0.384. The number of nitrogens with one attached hydrogen (secondary N) is 2. The highest BCUT2D eigenvalue weighted by molar-refractivity contribution is 6.11. The molecular formula is C32H25N3O6. The first-order valence-corrected chi connectivity index (χ1v) is 12.4. The number of methoxy groups -OCH3 is 1. The number of allylic oxidation sites excluding steroid dienone is 1. The van der Waals surface area contributed by atoms with Gasteiger partial charge in [0.1, 0.15) is 11.4 Å². The molecule has 2 amide bonds. The van der Waals surface area contributed by atoms with Gasteiger partial charge in [0.2, 0.25) is 0 Å². The van der Waals surface area contributed by atoms with Gasteiger partial charge >= 0.3 is 0 Å². The maximum atomic E-state index is 13.2. The smallest absolute Gasteiger partial charge is 0.272 e. The number of amides is 2. The quantitative estimate of drug-likeness (QED) is 0.110. The van der Waals surface area contributed by atoms with Crippen molar-refractivity contribution in [2.75, 3.05) is 12.4 Å². The Morgan fingerprint density at radius 3 is 2.02 bits per heavy atom. The molecule has 9 nitrogen and oxygen atoms in total. The monoisotopic (exact) mass is 547 g/mol. The van der Waals surface area contributed by atoms with Crippen LogP contribution in [0.4, 0.5) is 11.4 Å². The van der Waals surface area contributed by atoms with Crippen LogP contribution in [0.2, 0.25) is 0 Å². The number of carbonyl (C=O) groups excluding carboxylic acids is 3. The Kier molecular flexibility index (Phi) is 9.14. The molecule has 0 aliphatic rings. The normalized spacial score (nSPS) is 11.1. The van der Waals surface area contributed by atoms with Crippen molar-refractivity contribution in [3.8, 4) is 5.75 Å². The van der Waals surface area contributed by atoms with E-state index in [1.54, 1.807) is 110 Å². The summed E-state index contributed by atoms with van der Waals surface area (Å²) in [6.07, 6.45) is 4.48. The van der Waals surface area contributed by atoms with Gasteiger partial charge in [-0.25, -0.2) is 0 Å². The molecule has 0 aromatic heterocycles. The molecule has 0 saturated carbocycles. The summed E-state index contributed by atoms with van der Waals surface area (Å²) in [5, 5.41) is 16.2. The second kappa shape index (κ2) is 13.3. The number of nitro groups is 1. The largest absolute Gasteiger partial charge is 0.497 e. The molecule has 0 spiro atoms. The fraction of sp³-hybridized carbons (Fsp3) is 0.0312. The molecule has 0 bridgehead atoms. The molecule has 0 radical (unpaired) electrons. The molecule has 4 aromatic rings. The summed E-state index contributed by atoms with van der Waals surface area (Å²) in [4.78, 5) is 48.9.